The van der Waals surface area contributed by atoms with Gasteiger partial charge in [-0.05, 0) is 24.3 Å². The van der Waals surface area contributed by atoms with Gasteiger partial charge in [-0.3, -0.25) is 4.79 Å². The van der Waals surface area contributed by atoms with Gasteiger partial charge < -0.3 is 15.6 Å². The zero-order valence-corrected chi connectivity index (χ0v) is 15.4. The Hall–Kier alpha value is -3.04. The zero-order valence-electron chi connectivity index (χ0n) is 13.9. The topological polar surface area (TPSA) is 103 Å². The van der Waals surface area contributed by atoms with Crippen molar-refractivity contribution in [2.45, 2.75) is 6.10 Å². The van der Waals surface area contributed by atoms with Crippen molar-refractivity contribution in [2.75, 3.05) is 0 Å². The van der Waals surface area contributed by atoms with Crippen LogP contribution in [-0.2, 0) is 4.79 Å². The summed E-state index contributed by atoms with van der Waals surface area (Å²) in [4.78, 5) is 27.1. The quantitative estimate of drug-likeness (QED) is 0.621. The molecule has 1 heterocycles. The summed E-state index contributed by atoms with van der Waals surface area (Å²) >= 11 is 6.82. The minimum Gasteiger partial charge on any atom is -0.478 e. The minimum atomic E-state index is -1.67. The molecule has 28 heavy (non-hydrogen) atoms. The van der Waals surface area contributed by atoms with Gasteiger partial charge in [-0.25, -0.2) is 18.6 Å². The number of thiazole rings is 1. The Morgan fingerprint density at radius 1 is 1.18 bits per heavy atom. The van der Waals surface area contributed by atoms with Crippen LogP contribution in [0.5, 0.6) is 5.75 Å². The first-order valence-electron chi connectivity index (χ1n) is 7.66. The normalized spacial score (nSPS) is 11.8. The van der Waals surface area contributed by atoms with Crippen molar-refractivity contribution in [3.8, 4) is 17.0 Å². The number of aromatic nitrogens is 1. The Kier molecular flexibility index (Phi) is 5.57. The van der Waals surface area contributed by atoms with Crippen LogP contribution in [0, 0.1) is 11.6 Å². The van der Waals surface area contributed by atoms with Crippen molar-refractivity contribution in [3.63, 3.8) is 0 Å². The Morgan fingerprint density at radius 2 is 1.86 bits per heavy atom. The van der Waals surface area contributed by atoms with Crippen LogP contribution in [0.2, 0.25) is 5.02 Å². The molecule has 6 nitrogen and oxygen atoms in total. The average Bonchev–Trinajstić information content (AvgIpc) is 3.11. The molecule has 10 heteroatoms. The summed E-state index contributed by atoms with van der Waals surface area (Å²) in [5, 5.41) is 11.6. The van der Waals surface area contributed by atoms with Gasteiger partial charge in [-0.2, -0.15) is 0 Å². The first-order valence-corrected chi connectivity index (χ1v) is 8.92. The second-order valence-electron chi connectivity index (χ2n) is 5.51. The zero-order chi connectivity index (χ0) is 20.4. The number of carboxylic acids is 1. The minimum absolute atomic E-state index is 0.0294. The van der Waals surface area contributed by atoms with Crippen molar-refractivity contribution < 1.29 is 28.2 Å². The van der Waals surface area contributed by atoms with E-state index in [0.29, 0.717) is 16.3 Å². The molecule has 2 aromatic carbocycles. The maximum atomic E-state index is 14.3. The number of ether oxygens (including phenoxy) is 1. The Bertz CT molecular complexity index is 1060. The van der Waals surface area contributed by atoms with E-state index in [0.717, 1.165) is 23.5 Å². The molecule has 0 aliphatic heterocycles. The number of benzene rings is 2. The molecule has 1 atom stereocenters. The lowest BCUT2D eigenvalue weighted by Crippen LogP contribution is -2.20. The highest BCUT2D eigenvalue weighted by Gasteiger charge is 2.29. The van der Waals surface area contributed by atoms with Gasteiger partial charge in [0.15, 0.2) is 11.6 Å². The van der Waals surface area contributed by atoms with Crippen molar-refractivity contribution in [1.82, 2.24) is 4.98 Å². The molecule has 0 aliphatic carbocycles. The first kappa shape index (κ1) is 19.7. The van der Waals surface area contributed by atoms with Gasteiger partial charge in [0.2, 0.25) is 6.10 Å². The standard InChI is InChI=1S/C18H11ClF2N2O4S/c19-9-3-1-8(2-4-9)11-7-28-17(23-11)15(18(25)26)27-12-6-5-10(20)13(14(12)21)16(22)24/h1-7,15H,(H2,22,24)(H,25,26). The Balaban J connectivity index is 1.94. The molecule has 0 spiro atoms. The Morgan fingerprint density at radius 3 is 2.46 bits per heavy atom. The van der Waals surface area contributed by atoms with E-state index in [4.69, 9.17) is 22.1 Å². The maximum Gasteiger partial charge on any atom is 0.352 e. The van der Waals surface area contributed by atoms with Crippen LogP contribution in [0.25, 0.3) is 11.3 Å². The van der Waals surface area contributed by atoms with Gasteiger partial charge >= 0.3 is 5.97 Å². The molecule has 1 unspecified atom stereocenters. The maximum absolute atomic E-state index is 14.3. The lowest BCUT2D eigenvalue weighted by atomic mass is 10.1. The molecule has 144 valence electrons. The van der Waals surface area contributed by atoms with Crippen LogP contribution in [0.4, 0.5) is 8.78 Å². The van der Waals surface area contributed by atoms with Gasteiger partial charge in [0.1, 0.15) is 16.4 Å². The highest BCUT2D eigenvalue weighted by Crippen LogP contribution is 2.32. The van der Waals surface area contributed by atoms with Crippen molar-refractivity contribution in [2.24, 2.45) is 5.73 Å². The monoisotopic (exact) mass is 424 g/mol. The van der Waals surface area contributed by atoms with E-state index in [9.17, 15) is 23.5 Å². The fourth-order valence-corrected chi connectivity index (χ4v) is 3.32. The third kappa shape index (κ3) is 3.95. The molecule has 0 aliphatic rings. The number of rotatable bonds is 6. The fourth-order valence-electron chi connectivity index (χ4n) is 2.34. The van der Waals surface area contributed by atoms with E-state index >= 15 is 0 Å². The molecule has 0 radical (unpaired) electrons. The first-order chi connectivity index (χ1) is 13.3. The highest BCUT2D eigenvalue weighted by atomic mass is 35.5. The number of amides is 1. The fraction of sp³-hybridized carbons (Fsp3) is 0.0556. The summed E-state index contributed by atoms with van der Waals surface area (Å²) in [6, 6.07) is 8.35. The number of carboxylic acid groups (broad SMARTS) is 1. The summed E-state index contributed by atoms with van der Waals surface area (Å²) in [6.07, 6.45) is -1.67. The number of nitrogens with two attached hydrogens (primary N) is 1. The molecule has 0 saturated carbocycles. The summed E-state index contributed by atoms with van der Waals surface area (Å²) in [5.41, 5.74) is 5.11. The third-order valence-electron chi connectivity index (χ3n) is 3.66. The van der Waals surface area contributed by atoms with Gasteiger partial charge in [-0.1, -0.05) is 23.7 Å². The molecule has 0 bridgehead atoms. The number of hydrogen-bond donors (Lipinski definition) is 2. The molecule has 3 rings (SSSR count). The number of hydrogen-bond acceptors (Lipinski definition) is 5. The third-order valence-corrected chi connectivity index (χ3v) is 4.80. The van der Waals surface area contributed by atoms with Crippen molar-refractivity contribution in [1.29, 1.82) is 0 Å². The molecule has 3 N–H and O–H groups in total. The summed E-state index contributed by atoms with van der Waals surface area (Å²) in [6.45, 7) is 0. The van der Waals surface area contributed by atoms with E-state index in [1.54, 1.807) is 29.6 Å². The van der Waals surface area contributed by atoms with Crippen molar-refractivity contribution >= 4 is 34.8 Å². The van der Waals surface area contributed by atoms with E-state index in [2.05, 4.69) is 4.98 Å². The number of primary amides is 1. The summed E-state index contributed by atoms with van der Waals surface area (Å²) in [5.74, 6) is -5.98. The molecule has 1 amide bonds. The lowest BCUT2D eigenvalue weighted by molar-refractivity contribution is -0.145. The number of halogens is 3. The molecular formula is C18H11ClF2N2O4S. The van der Waals surface area contributed by atoms with E-state index < -0.39 is 40.9 Å². The predicted molar refractivity (Wildman–Crippen MR) is 98.4 cm³/mol. The smallest absolute Gasteiger partial charge is 0.352 e. The number of aliphatic carboxylic acids is 1. The average molecular weight is 425 g/mol. The summed E-state index contributed by atoms with van der Waals surface area (Å²) in [7, 11) is 0. The second kappa shape index (κ2) is 7.91. The van der Waals surface area contributed by atoms with E-state index in [1.165, 1.54) is 0 Å². The molecular weight excluding hydrogens is 414 g/mol. The van der Waals surface area contributed by atoms with E-state index in [-0.39, 0.29) is 5.01 Å². The number of carbonyl (C=O) groups excluding carboxylic acids is 1. The van der Waals surface area contributed by atoms with Crippen molar-refractivity contribution in [3.05, 3.63) is 69.0 Å². The lowest BCUT2D eigenvalue weighted by Gasteiger charge is -2.14. The Labute approximate surface area is 166 Å². The number of nitrogens with zero attached hydrogens (tertiary/aromatic N) is 1. The van der Waals surface area contributed by atoms with Gasteiger partial charge in [-0.15, -0.1) is 11.3 Å². The summed E-state index contributed by atoms with van der Waals surface area (Å²) < 4.78 is 33.1. The predicted octanol–water partition coefficient (Wildman–Crippen LogP) is 4.05. The van der Waals surface area contributed by atoms with E-state index in [1.807, 2.05) is 0 Å². The largest absolute Gasteiger partial charge is 0.478 e. The van der Waals surface area contributed by atoms with Crippen LogP contribution in [-0.4, -0.2) is 22.0 Å². The van der Waals surface area contributed by atoms with Crippen LogP contribution in [0.1, 0.15) is 21.5 Å². The second-order valence-corrected chi connectivity index (χ2v) is 6.84. The molecule has 0 saturated heterocycles. The molecule has 1 aromatic heterocycles. The van der Waals surface area contributed by atoms with Crippen LogP contribution >= 0.6 is 22.9 Å². The highest BCUT2D eigenvalue weighted by molar-refractivity contribution is 7.10. The molecule has 0 fully saturated rings. The van der Waals surface area contributed by atoms with Gasteiger partial charge in [0.25, 0.3) is 5.91 Å². The van der Waals surface area contributed by atoms with Crippen LogP contribution < -0.4 is 10.5 Å². The molecule has 3 aromatic rings. The number of carbonyl (C=O) groups is 2. The van der Waals surface area contributed by atoms with Gasteiger partial charge in [0.05, 0.1) is 5.69 Å². The van der Waals surface area contributed by atoms with Crippen LogP contribution in [0.3, 0.4) is 0 Å². The van der Waals surface area contributed by atoms with Crippen LogP contribution in [0.15, 0.2) is 41.8 Å². The van der Waals surface area contributed by atoms with Gasteiger partial charge in [0, 0.05) is 16.0 Å². The SMILES string of the molecule is NC(=O)c1c(F)ccc(OC(C(=O)O)c2nc(-c3ccc(Cl)cc3)cs2)c1F.